The maximum Gasteiger partial charge on any atom is 0.191 e. The Morgan fingerprint density at radius 3 is 2.37 bits per heavy atom. The number of halogens is 2. The third-order valence-corrected chi connectivity index (χ3v) is 2.70. The van der Waals surface area contributed by atoms with Crippen LogP contribution in [-0.2, 0) is 20.3 Å². The molecule has 4 nitrogen and oxygen atoms in total. The van der Waals surface area contributed by atoms with Gasteiger partial charge >= 0.3 is 0 Å². The summed E-state index contributed by atoms with van der Waals surface area (Å²) in [4.78, 5) is 0. The van der Waals surface area contributed by atoms with Crippen molar-refractivity contribution in [2.75, 3.05) is 0 Å². The highest BCUT2D eigenvalue weighted by atomic mass is 19.1. The molecule has 1 aromatic carbocycles. The number of aromatic nitrogens is 2. The molecule has 0 saturated heterocycles. The fraction of sp³-hybridized carbons (Fsp3) is 0.308. The lowest BCUT2D eigenvalue weighted by Gasteiger charge is -2.09. The molecule has 0 aliphatic rings. The topological polar surface area (TPSA) is 47.3 Å². The van der Waals surface area contributed by atoms with E-state index in [0.29, 0.717) is 5.69 Å². The SMILES string of the molecule is Cc1cc(COc2c(F)cc(CO)cc2F)n(C)n1. The van der Waals surface area contributed by atoms with Gasteiger partial charge in [0.2, 0.25) is 0 Å². The number of ether oxygens (including phenoxy) is 1. The Morgan fingerprint density at radius 1 is 1.26 bits per heavy atom. The van der Waals surface area contributed by atoms with Crippen molar-refractivity contribution in [1.29, 1.82) is 0 Å². The molecule has 0 radical (unpaired) electrons. The number of rotatable bonds is 4. The van der Waals surface area contributed by atoms with Gasteiger partial charge < -0.3 is 9.84 Å². The van der Waals surface area contributed by atoms with Gasteiger partial charge in [-0.3, -0.25) is 4.68 Å². The lowest BCUT2D eigenvalue weighted by molar-refractivity contribution is 0.260. The van der Waals surface area contributed by atoms with Crippen LogP contribution in [0.3, 0.4) is 0 Å². The summed E-state index contributed by atoms with van der Waals surface area (Å²) in [7, 11) is 1.73. The maximum absolute atomic E-state index is 13.6. The van der Waals surface area contributed by atoms with Gasteiger partial charge in [-0.1, -0.05) is 0 Å². The molecule has 1 aromatic heterocycles. The van der Waals surface area contributed by atoms with Gasteiger partial charge in [-0.05, 0) is 30.7 Å². The van der Waals surface area contributed by atoms with E-state index in [1.54, 1.807) is 17.8 Å². The summed E-state index contributed by atoms with van der Waals surface area (Å²) in [6.07, 6.45) is 0. The fourth-order valence-corrected chi connectivity index (χ4v) is 1.79. The monoisotopic (exact) mass is 268 g/mol. The van der Waals surface area contributed by atoms with Crippen molar-refractivity contribution < 1.29 is 18.6 Å². The van der Waals surface area contributed by atoms with Crippen LogP contribution in [-0.4, -0.2) is 14.9 Å². The molecule has 0 spiro atoms. The minimum Gasteiger partial charge on any atom is -0.481 e. The van der Waals surface area contributed by atoms with Crippen LogP contribution in [0.25, 0.3) is 0 Å². The molecule has 0 aliphatic carbocycles. The molecule has 1 N–H and O–H groups in total. The predicted octanol–water partition coefficient (Wildman–Crippen LogP) is 2.08. The molecular formula is C13H14F2N2O2. The molecular weight excluding hydrogens is 254 g/mol. The minimum absolute atomic E-state index is 0.0175. The first-order chi connectivity index (χ1) is 9.01. The second-order valence-corrected chi connectivity index (χ2v) is 4.24. The average Bonchev–Trinajstić information content (AvgIpc) is 2.66. The first-order valence-electron chi connectivity index (χ1n) is 5.72. The van der Waals surface area contributed by atoms with Crippen molar-refractivity contribution in [1.82, 2.24) is 9.78 Å². The standard InChI is InChI=1S/C13H14F2N2O2/c1-8-3-10(17(2)16-8)7-19-13-11(14)4-9(6-18)5-12(13)15/h3-5,18H,6-7H2,1-2H3. The normalized spacial score (nSPS) is 10.8. The Balaban J connectivity index is 2.18. The number of hydrogen-bond donors (Lipinski definition) is 1. The van der Waals surface area contributed by atoms with E-state index in [9.17, 15) is 8.78 Å². The molecule has 19 heavy (non-hydrogen) atoms. The predicted molar refractivity (Wildman–Crippen MR) is 64.6 cm³/mol. The quantitative estimate of drug-likeness (QED) is 0.923. The third kappa shape index (κ3) is 2.90. The molecule has 2 aromatic rings. The van der Waals surface area contributed by atoms with Crippen LogP contribution >= 0.6 is 0 Å². The summed E-state index contributed by atoms with van der Waals surface area (Å²) >= 11 is 0. The van der Waals surface area contributed by atoms with E-state index >= 15 is 0 Å². The van der Waals surface area contributed by atoms with Gasteiger partial charge in [0.05, 0.1) is 18.0 Å². The summed E-state index contributed by atoms with van der Waals surface area (Å²) in [6, 6.07) is 3.87. The molecule has 0 saturated carbocycles. The zero-order valence-electron chi connectivity index (χ0n) is 10.7. The van der Waals surface area contributed by atoms with E-state index in [4.69, 9.17) is 9.84 Å². The van der Waals surface area contributed by atoms with E-state index in [1.807, 2.05) is 6.92 Å². The number of benzene rings is 1. The summed E-state index contributed by atoms with van der Waals surface area (Å²) in [5.41, 5.74) is 1.68. The van der Waals surface area contributed by atoms with Crippen LogP contribution in [0.5, 0.6) is 5.75 Å². The van der Waals surface area contributed by atoms with Crippen molar-refractivity contribution in [3.05, 3.63) is 46.8 Å². The average molecular weight is 268 g/mol. The number of aliphatic hydroxyl groups excluding tert-OH is 1. The number of hydrogen-bond acceptors (Lipinski definition) is 3. The van der Waals surface area contributed by atoms with Gasteiger partial charge in [0.25, 0.3) is 0 Å². The molecule has 0 bridgehead atoms. The number of aryl methyl sites for hydroxylation is 2. The van der Waals surface area contributed by atoms with Crippen LogP contribution in [0.4, 0.5) is 8.78 Å². The zero-order valence-corrected chi connectivity index (χ0v) is 10.7. The zero-order chi connectivity index (χ0) is 14.0. The Bertz CT molecular complexity index is 573. The molecule has 1 heterocycles. The molecule has 0 amide bonds. The van der Waals surface area contributed by atoms with Crippen molar-refractivity contribution >= 4 is 0 Å². The van der Waals surface area contributed by atoms with Crippen molar-refractivity contribution in [2.24, 2.45) is 7.05 Å². The molecule has 0 fully saturated rings. The number of nitrogens with zero attached hydrogens (tertiary/aromatic N) is 2. The van der Waals surface area contributed by atoms with Crippen LogP contribution in [0.15, 0.2) is 18.2 Å². The Hall–Kier alpha value is -1.95. The third-order valence-electron chi connectivity index (χ3n) is 2.70. The summed E-state index contributed by atoms with van der Waals surface area (Å²) < 4.78 is 34.0. The lowest BCUT2D eigenvalue weighted by Crippen LogP contribution is -2.05. The van der Waals surface area contributed by atoms with Crippen molar-refractivity contribution in [2.45, 2.75) is 20.1 Å². The van der Waals surface area contributed by atoms with Gasteiger partial charge in [0, 0.05) is 7.05 Å². The van der Waals surface area contributed by atoms with E-state index in [1.165, 1.54) is 0 Å². The second-order valence-electron chi connectivity index (χ2n) is 4.24. The summed E-state index contributed by atoms with van der Waals surface area (Å²) in [5.74, 6) is -2.11. The van der Waals surface area contributed by atoms with Crippen LogP contribution in [0.1, 0.15) is 17.0 Å². The molecule has 0 aliphatic heterocycles. The molecule has 102 valence electrons. The highest BCUT2D eigenvalue weighted by molar-refractivity contribution is 5.31. The first-order valence-corrected chi connectivity index (χ1v) is 5.72. The van der Waals surface area contributed by atoms with Crippen LogP contribution < -0.4 is 4.74 Å². The lowest BCUT2D eigenvalue weighted by atomic mass is 10.2. The Kier molecular flexibility index (Phi) is 3.80. The molecule has 6 heteroatoms. The van der Waals surface area contributed by atoms with Gasteiger partial charge in [-0.25, -0.2) is 8.78 Å². The first kappa shape index (κ1) is 13.5. The highest BCUT2D eigenvalue weighted by Gasteiger charge is 2.13. The smallest absolute Gasteiger partial charge is 0.191 e. The van der Waals surface area contributed by atoms with Crippen LogP contribution in [0, 0.1) is 18.6 Å². The van der Waals surface area contributed by atoms with Crippen LogP contribution in [0.2, 0.25) is 0 Å². The molecule has 2 rings (SSSR count). The van der Waals surface area contributed by atoms with Gasteiger partial charge in [-0.2, -0.15) is 5.10 Å². The van der Waals surface area contributed by atoms with Crippen molar-refractivity contribution in [3.8, 4) is 5.75 Å². The van der Waals surface area contributed by atoms with Gasteiger partial charge in [0.1, 0.15) is 6.61 Å². The largest absolute Gasteiger partial charge is 0.481 e. The second kappa shape index (κ2) is 5.36. The molecule has 0 atom stereocenters. The van der Waals surface area contributed by atoms with Gasteiger partial charge in [0.15, 0.2) is 17.4 Å². The van der Waals surface area contributed by atoms with E-state index in [0.717, 1.165) is 17.8 Å². The van der Waals surface area contributed by atoms with E-state index in [-0.39, 0.29) is 12.2 Å². The van der Waals surface area contributed by atoms with E-state index < -0.39 is 24.0 Å². The molecule has 0 unspecified atom stereocenters. The van der Waals surface area contributed by atoms with Gasteiger partial charge in [-0.15, -0.1) is 0 Å². The highest BCUT2D eigenvalue weighted by Crippen LogP contribution is 2.24. The number of aliphatic hydroxyl groups is 1. The Morgan fingerprint density at radius 2 is 1.89 bits per heavy atom. The van der Waals surface area contributed by atoms with E-state index in [2.05, 4.69) is 5.10 Å². The minimum atomic E-state index is -0.831. The maximum atomic E-state index is 13.6. The fourth-order valence-electron chi connectivity index (χ4n) is 1.79. The Labute approximate surface area is 109 Å². The van der Waals surface area contributed by atoms with Crippen molar-refractivity contribution in [3.63, 3.8) is 0 Å². The summed E-state index contributed by atoms with van der Waals surface area (Å²) in [6.45, 7) is 1.42. The summed E-state index contributed by atoms with van der Waals surface area (Å²) in [5, 5.41) is 13.0.